The van der Waals surface area contributed by atoms with Crippen LogP contribution in [0.25, 0.3) is 0 Å². The highest BCUT2D eigenvalue weighted by molar-refractivity contribution is 6.31. The zero-order valence-corrected chi connectivity index (χ0v) is 9.34. The van der Waals surface area contributed by atoms with Crippen molar-refractivity contribution in [2.24, 2.45) is 0 Å². The fraction of sp³-hybridized carbons (Fsp3) is 0.400. The second-order valence-electron chi connectivity index (χ2n) is 3.98. The number of carboxylic acid groups (broad SMARTS) is 1. The molecule has 0 aliphatic heterocycles. The normalized spacial score (nSPS) is 18.5. The lowest BCUT2D eigenvalue weighted by Gasteiger charge is -2.34. The molecule has 0 spiro atoms. The van der Waals surface area contributed by atoms with Crippen LogP contribution in [0.2, 0.25) is 5.02 Å². The molecule has 0 atom stereocenters. The fourth-order valence-corrected chi connectivity index (χ4v) is 2.12. The van der Waals surface area contributed by atoms with Gasteiger partial charge in [0.25, 0.3) is 0 Å². The van der Waals surface area contributed by atoms with Gasteiger partial charge in [-0.2, -0.15) is 0 Å². The monoisotopic (exact) mass is 262 g/mol. The van der Waals surface area contributed by atoms with Crippen LogP contribution in [0, 0.1) is 0 Å². The van der Waals surface area contributed by atoms with E-state index in [1.54, 1.807) is 0 Å². The molecule has 1 heterocycles. The molecule has 1 aromatic heterocycles. The van der Waals surface area contributed by atoms with Crippen molar-refractivity contribution >= 4 is 23.4 Å². The first-order valence-electron chi connectivity index (χ1n) is 4.90. The van der Waals surface area contributed by atoms with E-state index < -0.39 is 12.0 Å². The summed E-state index contributed by atoms with van der Waals surface area (Å²) < 4.78 is 25.4. The SMILES string of the molecule is O=C(O)Nc1cnc(C2CC(F)(F)C2)c(Cl)c1. The van der Waals surface area contributed by atoms with E-state index in [0.29, 0.717) is 5.69 Å². The minimum atomic E-state index is -2.63. The Kier molecular flexibility index (Phi) is 2.91. The number of alkyl halides is 2. The van der Waals surface area contributed by atoms with Crippen molar-refractivity contribution in [1.82, 2.24) is 4.98 Å². The van der Waals surface area contributed by atoms with Crippen LogP contribution in [0.15, 0.2) is 12.3 Å². The van der Waals surface area contributed by atoms with Gasteiger partial charge in [-0.3, -0.25) is 10.3 Å². The van der Waals surface area contributed by atoms with E-state index in [0.717, 1.165) is 0 Å². The molecule has 7 heteroatoms. The molecule has 2 N–H and O–H groups in total. The van der Waals surface area contributed by atoms with Crippen molar-refractivity contribution in [3.8, 4) is 0 Å². The molecule has 0 bridgehead atoms. The van der Waals surface area contributed by atoms with Crippen LogP contribution in [0.4, 0.5) is 19.3 Å². The Bertz CT molecular complexity index is 460. The van der Waals surface area contributed by atoms with E-state index in [-0.39, 0.29) is 29.5 Å². The molecule has 0 unspecified atom stereocenters. The van der Waals surface area contributed by atoms with Gasteiger partial charge < -0.3 is 5.11 Å². The number of hydrogen-bond acceptors (Lipinski definition) is 2. The number of pyridine rings is 1. The zero-order valence-electron chi connectivity index (χ0n) is 8.58. The lowest BCUT2D eigenvalue weighted by molar-refractivity contribution is -0.0875. The maximum atomic E-state index is 12.7. The summed E-state index contributed by atoms with van der Waals surface area (Å²) in [7, 11) is 0. The van der Waals surface area contributed by atoms with E-state index in [9.17, 15) is 13.6 Å². The predicted octanol–water partition coefficient (Wildman–Crippen LogP) is 3.34. The molecular weight excluding hydrogens is 254 g/mol. The van der Waals surface area contributed by atoms with E-state index in [2.05, 4.69) is 10.3 Å². The number of rotatable bonds is 2. The molecule has 1 aromatic rings. The van der Waals surface area contributed by atoms with Crippen LogP contribution < -0.4 is 5.32 Å². The predicted molar refractivity (Wildman–Crippen MR) is 57.8 cm³/mol. The van der Waals surface area contributed by atoms with E-state index >= 15 is 0 Å². The number of aromatic nitrogens is 1. The van der Waals surface area contributed by atoms with E-state index in [4.69, 9.17) is 16.7 Å². The average Bonchev–Trinajstić information content (AvgIpc) is 2.13. The van der Waals surface area contributed by atoms with Crippen LogP contribution in [-0.4, -0.2) is 22.1 Å². The van der Waals surface area contributed by atoms with Gasteiger partial charge in [0.05, 0.1) is 22.6 Å². The Morgan fingerprint density at radius 3 is 2.71 bits per heavy atom. The summed E-state index contributed by atoms with van der Waals surface area (Å²) in [5.74, 6) is -2.98. The third kappa shape index (κ3) is 2.63. The molecule has 1 fully saturated rings. The van der Waals surface area contributed by atoms with Gasteiger partial charge >= 0.3 is 6.09 Å². The van der Waals surface area contributed by atoms with Crippen LogP contribution in [-0.2, 0) is 0 Å². The number of anilines is 1. The standard InChI is InChI=1S/C10H9ClF2N2O2/c11-7-1-6(15-9(16)17)4-14-8(7)5-2-10(12,13)3-5/h1,4-5,15H,2-3H2,(H,16,17). The van der Waals surface area contributed by atoms with Crippen LogP contribution in [0.3, 0.4) is 0 Å². The molecule has 92 valence electrons. The second-order valence-corrected chi connectivity index (χ2v) is 4.39. The summed E-state index contributed by atoms with van der Waals surface area (Å²) in [5.41, 5.74) is 0.617. The van der Waals surface area contributed by atoms with E-state index in [1.807, 2.05) is 0 Å². The Hall–Kier alpha value is -1.43. The molecule has 1 aliphatic rings. The Morgan fingerprint density at radius 2 is 2.24 bits per heavy atom. The Labute approximate surface area is 101 Å². The number of halogens is 3. The summed E-state index contributed by atoms with van der Waals surface area (Å²) >= 11 is 5.87. The lowest BCUT2D eigenvalue weighted by atomic mass is 9.79. The molecule has 4 nitrogen and oxygen atoms in total. The first-order chi connectivity index (χ1) is 7.87. The maximum absolute atomic E-state index is 12.7. The van der Waals surface area contributed by atoms with Crippen LogP contribution in [0.1, 0.15) is 24.5 Å². The van der Waals surface area contributed by atoms with Crippen molar-refractivity contribution in [2.75, 3.05) is 5.32 Å². The number of amides is 1. The minimum Gasteiger partial charge on any atom is -0.465 e. The van der Waals surface area contributed by atoms with Gasteiger partial charge in [0.2, 0.25) is 5.92 Å². The molecule has 0 saturated heterocycles. The van der Waals surface area contributed by atoms with Crippen molar-refractivity contribution in [2.45, 2.75) is 24.7 Å². The first-order valence-corrected chi connectivity index (χ1v) is 5.28. The average molecular weight is 263 g/mol. The maximum Gasteiger partial charge on any atom is 0.409 e. The highest BCUT2D eigenvalue weighted by Crippen LogP contribution is 2.49. The van der Waals surface area contributed by atoms with Gasteiger partial charge in [-0.25, -0.2) is 13.6 Å². The highest BCUT2D eigenvalue weighted by atomic mass is 35.5. The first kappa shape index (κ1) is 12.0. The molecule has 0 aromatic carbocycles. The Balaban J connectivity index is 2.13. The third-order valence-corrected chi connectivity index (χ3v) is 2.90. The van der Waals surface area contributed by atoms with Gasteiger partial charge in [0, 0.05) is 18.8 Å². The van der Waals surface area contributed by atoms with Crippen LogP contribution in [0.5, 0.6) is 0 Å². The van der Waals surface area contributed by atoms with Gasteiger partial charge in [-0.1, -0.05) is 11.6 Å². The lowest BCUT2D eigenvalue weighted by Crippen LogP contribution is -2.34. The van der Waals surface area contributed by atoms with Gasteiger partial charge in [-0.15, -0.1) is 0 Å². The largest absolute Gasteiger partial charge is 0.465 e. The number of nitrogens with one attached hydrogen (secondary N) is 1. The third-order valence-electron chi connectivity index (χ3n) is 2.60. The van der Waals surface area contributed by atoms with Gasteiger partial charge in [0.15, 0.2) is 0 Å². The number of nitrogens with zero attached hydrogens (tertiary/aromatic N) is 1. The van der Waals surface area contributed by atoms with Gasteiger partial charge in [-0.05, 0) is 6.07 Å². The fourth-order valence-electron chi connectivity index (χ4n) is 1.80. The van der Waals surface area contributed by atoms with E-state index in [1.165, 1.54) is 12.3 Å². The zero-order chi connectivity index (χ0) is 12.6. The molecule has 1 aliphatic carbocycles. The molecule has 17 heavy (non-hydrogen) atoms. The highest BCUT2D eigenvalue weighted by Gasteiger charge is 2.47. The summed E-state index contributed by atoms with van der Waals surface area (Å²) in [6.07, 6.45) is -0.478. The summed E-state index contributed by atoms with van der Waals surface area (Å²) in [5, 5.41) is 10.8. The van der Waals surface area contributed by atoms with Crippen LogP contribution >= 0.6 is 11.6 Å². The summed E-state index contributed by atoms with van der Waals surface area (Å²) in [4.78, 5) is 14.3. The van der Waals surface area contributed by atoms with Crippen molar-refractivity contribution in [1.29, 1.82) is 0 Å². The molecule has 0 radical (unpaired) electrons. The number of hydrogen-bond donors (Lipinski definition) is 2. The topological polar surface area (TPSA) is 62.2 Å². The molecule has 2 rings (SSSR count). The summed E-state index contributed by atoms with van der Waals surface area (Å²) in [6, 6.07) is 1.37. The Morgan fingerprint density at radius 1 is 1.59 bits per heavy atom. The quantitative estimate of drug-likeness (QED) is 0.859. The van der Waals surface area contributed by atoms with Crippen molar-refractivity contribution in [3.63, 3.8) is 0 Å². The second kappa shape index (κ2) is 4.10. The van der Waals surface area contributed by atoms with Crippen molar-refractivity contribution < 1.29 is 18.7 Å². The minimum absolute atomic E-state index is 0.205. The molecular formula is C10H9ClF2N2O2. The smallest absolute Gasteiger partial charge is 0.409 e. The molecule has 1 amide bonds. The summed E-state index contributed by atoms with van der Waals surface area (Å²) in [6.45, 7) is 0. The van der Waals surface area contributed by atoms with Gasteiger partial charge in [0.1, 0.15) is 0 Å². The van der Waals surface area contributed by atoms with Crippen molar-refractivity contribution in [3.05, 3.63) is 23.0 Å². The molecule has 1 saturated carbocycles. The number of carbonyl (C=O) groups is 1.